The molecule has 1 atom stereocenters. The molecule has 0 heterocycles. The normalized spacial score (nSPS) is 14.7. The summed E-state index contributed by atoms with van der Waals surface area (Å²) in [6, 6.07) is 8.20. The molecule has 0 saturated heterocycles. The average Bonchev–Trinajstić information content (AvgIpc) is 2.95. The van der Waals surface area contributed by atoms with Crippen LogP contribution in [0, 0.1) is 0 Å². The molecule has 26 heavy (non-hydrogen) atoms. The second kappa shape index (κ2) is 13.0. The molecule has 1 amide bonds. The third-order valence-corrected chi connectivity index (χ3v) is 3.60. The fraction of sp³-hybridized carbons (Fsp3) is 0.435. The number of carbonyl (C=O) groups excluding carboxylic acids is 1. The van der Waals surface area contributed by atoms with Crippen LogP contribution in [0.15, 0.2) is 54.6 Å². The van der Waals surface area contributed by atoms with E-state index in [1.54, 1.807) is 14.1 Å². The Hall–Kier alpha value is -2.29. The van der Waals surface area contributed by atoms with Crippen molar-refractivity contribution < 1.29 is 9.53 Å². The number of rotatable bonds is 4. The highest BCUT2D eigenvalue weighted by Gasteiger charge is 2.29. The molecule has 0 aromatic heterocycles. The van der Waals surface area contributed by atoms with E-state index in [0.717, 1.165) is 11.1 Å². The van der Waals surface area contributed by atoms with Gasteiger partial charge in [-0.05, 0) is 29.2 Å². The summed E-state index contributed by atoms with van der Waals surface area (Å²) in [6.07, 6.45) is 6.89. The van der Waals surface area contributed by atoms with Gasteiger partial charge in [-0.1, -0.05) is 83.2 Å². The highest BCUT2D eigenvalue weighted by molar-refractivity contribution is 5.86. The summed E-state index contributed by atoms with van der Waals surface area (Å²) in [4.78, 5) is 13.1. The van der Waals surface area contributed by atoms with Gasteiger partial charge in [0.1, 0.15) is 6.61 Å². The monoisotopic (exact) mass is 357 g/mol. The predicted molar refractivity (Wildman–Crippen MR) is 113 cm³/mol. The van der Waals surface area contributed by atoms with Crippen molar-refractivity contribution in [2.45, 2.75) is 47.0 Å². The van der Waals surface area contributed by atoms with Crippen LogP contribution in [0.5, 0.6) is 0 Å². The molecule has 0 saturated carbocycles. The van der Waals surface area contributed by atoms with E-state index >= 15 is 0 Å². The van der Waals surface area contributed by atoms with Crippen molar-refractivity contribution in [3.8, 4) is 0 Å². The lowest BCUT2D eigenvalue weighted by molar-refractivity contribution is 0.115. The second-order valence-corrected chi connectivity index (χ2v) is 5.89. The molecule has 0 N–H and O–H groups in total. The SMILES string of the molecule is C=CC1=C(/C=C\C)C(COC(=O)N(C)C)c2ccccc21.CC.CCC. The minimum Gasteiger partial charge on any atom is -0.448 e. The lowest BCUT2D eigenvalue weighted by Gasteiger charge is -2.17. The van der Waals surface area contributed by atoms with Gasteiger partial charge >= 0.3 is 6.09 Å². The minimum absolute atomic E-state index is 0.0642. The van der Waals surface area contributed by atoms with Crippen LogP contribution in [0.4, 0.5) is 4.79 Å². The van der Waals surface area contributed by atoms with Crippen LogP contribution in [0.25, 0.3) is 5.57 Å². The molecule has 0 aliphatic heterocycles. The summed E-state index contributed by atoms with van der Waals surface area (Å²) in [5.41, 5.74) is 4.63. The number of amides is 1. The molecular formula is C23H35NO2. The summed E-state index contributed by atoms with van der Waals surface area (Å²) in [5.74, 6) is 0.0642. The first-order valence-corrected chi connectivity index (χ1v) is 9.44. The first kappa shape index (κ1) is 23.7. The Labute approximate surface area is 160 Å². The van der Waals surface area contributed by atoms with Gasteiger partial charge in [0.2, 0.25) is 0 Å². The molecule has 144 valence electrons. The predicted octanol–water partition coefficient (Wildman–Crippen LogP) is 6.44. The third kappa shape index (κ3) is 6.21. The summed E-state index contributed by atoms with van der Waals surface area (Å²) >= 11 is 0. The van der Waals surface area contributed by atoms with E-state index in [0.29, 0.717) is 6.61 Å². The Balaban J connectivity index is 0.00000113. The Kier molecular flexibility index (Phi) is 11.8. The van der Waals surface area contributed by atoms with Crippen molar-refractivity contribution in [2.75, 3.05) is 20.7 Å². The smallest absolute Gasteiger partial charge is 0.409 e. The van der Waals surface area contributed by atoms with Gasteiger partial charge in [0.25, 0.3) is 0 Å². The van der Waals surface area contributed by atoms with Crippen molar-refractivity contribution in [1.82, 2.24) is 4.90 Å². The van der Waals surface area contributed by atoms with E-state index in [2.05, 4.69) is 38.6 Å². The van der Waals surface area contributed by atoms with Crippen molar-refractivity contribution in [3.63, 3.8) is 0 Å². The van der Waals surface area contributed by atoms with Gasteiger partial charge in [0, 0.05) is 20.0 Å². The van der Waals surface area contributed by atoms with E-state index in [-0.39, 0.29) is 12.0 Å². The topological polar surface area (TPSA) is 29.5 Å². The number of carbonyl (C=O) groups is 1. The number of benzene rings is 1. The quantitative estimate of drug-likeness (QED) is 0.620. The van der Waals surface area contributed by atoms with Gasteiger partial charge in [0.15, 0.2) is 0 Å². The van der Waals surface area contributed by atoms with Crippen LogP contribution in [-0.4, -0.2) is 31.7 Å². The Bertz CT molecular complexity index is 627. The molecule has 2 rings (SSSR count). The lowest BCUT2D eigenvalue weighted by atomic mass is 9.96. The van der Waals surface area contributed by atoms with Crippen LogP contribution < -0.4 is 0 Å². The fourth-order valence-corrected chi connectivity index (χ4v) is 2.63. The highest BCUT2D eigenvalue weighted by atomic mass is 16.6. The minimum atomic E-state index is -0.320. The molecule has 0 bridgehead atoms. The average molecular weight is 358 g/mol. The van der Waals surface area contributed by atoms with E-state index in [1.807, 2.05) is 45.1 Å². The van der Waals surface area contributed by atoms with Gasteiger partial charge in [-0.2, -0.15) is 0 Å². The molecule has 1 unspecified atom stereocenters. The Morgan fingerprint density at radius 2 is 1.81 bits per heavy atom. The molecule has 0 spiro atoms. The summed E-state index contributed by atoms with van der Waals surface area (Å²) in [5, 5.41) is 0. The second-order valence-electron chi connectivity index (χ2n) is 5.89. The summed E-state index contributed by atoms with van der Waals surface area (Å²) in [6.45, 7) is 14.5. The standard InChI is InChI=1S/C18H21NO2.C3H8.C2H6/c1-5-9-14-13(6-2)15-10-7-8-11-16(15)17(14)12-21-18(20)19(3)4;1-3-2;1-2/h5-11,17H,2,12H2,1,3-4H3;3H2,1-2H3;1-2H3/b9-5-;;. The van der Waals surface area contributed by atoms with Crippen LogP contribution in [0.2, 0.25) is 0 Å². The number of ether oxygens (including phenoxy) is 1. The van der Waals surface area contributed by atoms with Crippen LogP contribution >= 0.6 is 0 Å². The number of hydrogen-bond donors (Lipinski definition) is 0. The maximum absolute atomic E-state index is 11.7. The molecule has 1 aliphatic carbocycles. The Morgan fingerprint density at radius 3 is 2.31 bits per heavy atom. The van der Waals surface area contributed by atoms with Gasteiger partial charge in [-0.3, -0.25) is 0 Å². The van der Waals surface area contributed by atoms with Gasteiger partial charge < -0.3 is 9.64 Å². The summed E-state index contributed by atoms with van der Waals surface area (Å²) in [7, 11) is 3.37. The van der Waals surface area contributed by atoms with Gasteiger partial charge in [-0.15, -0.1) is 0 Å². The van der Waals surface area contributed by atoms with Crippen molar-refractivity contribution in [3.05, 3.63) is 65.8 Å². The van der Waals surface area contributed by atoms with Crippen molar-refractivity contribution in [1.29, 1.82) is 0 Å². The fourth-order valence-electron chi connectivity index (χ4n) is 2.63. The molecule has 3 nitrogen and oxygen atoms in total. The number of hydrogen-bond acceptors (Lipinski definition) is 2. The lowest BCUT2D eigenvalue weighted by Crippen LogP contribution is -2.24. The number of fused-ring (bicyclic) bond motifs is 1. The number of nitrogens with zero attached hydrogens (tertiary/aromatic N) is 1. The first-order valence-electron chi connectivity index (χ1n) is 9.44. The van der Waals surface area contributed by atoms with E-state index < -0.39 is 0 Å². The Morgan fingerprint density at radius 1 is 1.23 bits per heavy atom. The molecule has 1 aromatic rings. The first-order chi connectivity index (χ1) is 12.5. The highest BCUT2D eigenvalue weighted by Crippen LogP contribution is 2.43. The van der Waals surface area contributed by atoms with Crippen molar-refractivity contribution >= 4 is 11.7 Å². The van der Waals surface area contributed by atoms with Gasteiger partial charge in [0.05, 0.1) is 0 Å². The molecule has 0 fully saturated rings. The summed E-state index contributed by atoms with van der Waals surface area (Å²) < 4.78 is 5.40. The molecule has 1 aliphatic rings. The zero-order valence-corrected chi connectivity index (χ0v) is 17.5. The maximum Gasteiger partial charge on any atom is 0.409 e. The van der Waals surface area contributed by atoms with E-state index in [4.69, 9.17) is 4.74 Å². The van der Waals surface area contributed by atoms with Crippen LogP contribution in [-0.2, 0) is 4.74 Å². The number of allylic oxidation sites excluding steroid dienone is 4. The van der Waals surface area contributed by atoms with Crippen LogP contribution in [0.3, 0.4) is 0 Å². The van der Waals surface area contributed by atoms with E-state index in [9.17, 15) is 4.79 Å². The van der Waals surface area contributed by atoms with Crippen LogP contribution in [0.1, 0.15) is 58.1 Å². The van der Waals surface area contributed by atoms with Gasteiger partial charge in [-0.25, -0.2) is 4.79 Å². The molecular weight excluding hydrogens is 322 g/mol. The zero-order valence-electron chi connectivity index (χ0n) is 17.5. The van der Waals surface area contributed by atoms with E-state index in [1.165, 1.54) is 22.4 Å². The molecule has 0 radical (unpaired) electrons. The molecule has 3 heteroatoms. The largest absolute Gasteiger partial charge is 0.448 e. The molecule has 1 aromatic carbocycles. The zero-order chi connectivity index (χ0) is 20.1. The van der Waals surface area contributed by atoms with Crippen molar-refractivity contribution in [2.24, 2.45) is 0 Å². The third-order valence-electron chi connectivity index (χ3n) is 3.60. The maximum atomic E-state index is 11.7.